The van der Waals surface area contributed by atoms with E-state index in [9.17, 15) is 4.79 Å². The summed E-state index contributed by atoms with van der Waals surface area (Å²) in [6.07, 6.45) is 1.11. The molecule has 76 valence electrons. The van der Waals surface area contributed by atoms with Gasteiger partial charge in [0.2, 0.25) is 5.91 Å². The number of likely N-dealkylation sites (N-methyl/N-ethyl adjacent to an activating group) is 1. The van der Waals surface area contributed by atoms with Crippen molar-refractivity contribution >= 4 is 21.8 Å². The van der Waals surface area contributed by atoms with Crippen LogP contribution in [0.3, 0.4) is 0 Å². The predicted molar refractivity (Wildman–Crippen MR) is 55.0 cm³/mol. The molecular weight excluding hydrogens is 234 g/mol. The first-order valence-electron chi connectivity index (χ1n) is 4.56. The topological polar surface area (TPSA) is 29.5 Å². The Morgan fingerprint density at radius 3 is 2.69 bits per heavy atom. The fourth-order valence-corrected chi connectivity index (χ4v) is 2.00. The van der Waals surface area contributed by atoms with Gasteiger partial charge in [0.25, 0.3) is 0 Å². The van der Waals surface area contributed by atoms with Gasteiger partial charge in [0.15, 0.2) is 0 Å². The molecule has 0 bridgehead atoms. The minimum atomic E-state index is -0.106. The molecule has 0 spiro atoms. The van der Waals surface area contributed by atoms with Gasteiger partial charge in [0.1, 0.15) is 0 Å². The lowest BCUT2D eigenvalue weighted by atomic mass is 10.1. The van der Waals surface area contributed by atoms with E-state index in [2.05, 4.69) is 15.9 Å². The van der Waals surface area contributed by atoms with E-state index >= 15 is 0 Å². The molecule has 0 aromatic carbocycles. The maximum atomic E-state index is 11.6. The third kappa shape index (κ3) is 2.44. The van der Waals surface area contributed by atoms with Crippen molar-refractivity contribution in [3.63, 3.8) is 0 Å². The van der Waals surface area contributed by atoms with Crippen LogP contribution < -0.4 is 0 Å². The van der Waals surface area contributed by atoms with Crippen LogP contribution in [-0.2, 0) is 9.53 Å². The van der Waals surface area contributed by atoms with Crippen LogP contribution in [0.4, 0.5) is 0 Å². The van der Waals surface area contributed by atoms with Gasteiger partial charge in [-0.25, -0.2) is 0 Å². The van der Waals surface area contributed by atoms with Gasteiger partial charge in [-0.1, -0.05) is 15.9 Å². The fraction of sp³-hybridized carbons (Fsp3) is 0.889. The van der Waals surface area contributed by atoms with Gasteiger partial charge in [0.05, 0.1) is 17.0 Å². The molecule has 0 aromatic rings. The number of halogens is 1. The summed E-state index contributed by atoms with van der Waals surface area (Å²) in [7, 11) is 1.84. The SMILES string of the molecule is CC(Br)C(=O)N(C)C1CCOC1C. The van der Waals surface area contributed by atoms with Gasteiger partial charge in [-0.2, -0.15) is 0 Å². The summed E-state index contributed by atoms with van der Waals surface area (Å²) in [6.45, 7) is 4.62. The van der Waals surface area contributed by atoms with E-state index in [0.717, 1.165) is 13.0 Å². The number of hydrogen-bond acceptors (Lipinski definition) is 2. The van der Waals surface area contributed by atoms with Crippen LogP contribution in [0.5, 0.6) is 0 Å². The molecular formula is C9H16BrNO2. The highest BCUT2D eigenvalue weighted by molar-refractivity contribution is 9.10. The smallest absolute Gasteiger partial charge is 0.236 e. The highest BCUT2D eigenvalue weighted by atomic mass is 79.9. The molecule has 0 N–H and O–H groups in total. The van der Waals surface area contributed by atoms with Crippen LogP contribution in [0.25, 0.3) is 0 Å². The Hall–Kier alpha value is -0.0900. The Bertz CT molecular complexity index is 196. The zero-order valence-electron chi connectivity index (χ0n) is 8.29. The first kappa shape index (κ1) is 11.0. The summed E-state index contributed by atoms with van der Waals surface area (Å²) >= 11 is 3.28. The van der Waals surface area contributed by atoms with Crippen LogP contribution in [0.2, 0.25) is 0 Å². The molecule has 0 saturated carbocycles. The number of hydrogen-bond donors (Lipinski definition) is 0. The van der Waals surface area contributed by atoms with E-state index in [1.54, 1.807) is 4.90 Å². The molecule has 0 aromatic heterocycles. The Morgan fingerprint density at radius 2 is 2.31 bits per heavy atom. The van der Waals surface area contributed by atoms with Gasteiger partial charge >= 0.3 is 0 Å². The van der Waals surface area contributed by atoms with E-state index in [4.69, 9.17) is 4.74 Å². The molecule has 1 aliphatic rings. The van der Waals surface area contributed by atoms with Crippen molar-refractivity contribution in [3.05, 3.63) is 0 Å². The highest BCUT2D eigenvalue weighted by Gasteiger charge is 2.31. The van der Waals surface area contributed by atoms with Crippen LogP contribution in [-0.4, -0.2) is 41.4 Å². The molecule has 1 saturated heterocycles. The number of ether oxygens (including phenoxy) is 1. The van der Waals surface area contributed by atoms with Crippen LogP contribution >= 0.6 is 15.9 Å². The molecule has 1 heterocycles. The van der Waals surface area contributed by atoms with Gasteiger partial charge in [-0.05, 0) is 20.3 Å². The minimum Gasteiger partial charge on any atom is -0.376 e. The highest BCUT2D eigenvalue weighted by Crippen LogP contribution is 2.19. The zero-order valence-corrected chi connectivity index (χ0v) is 9.87. The normalized spacial score (nSPS) is 30.2. The lowest BCUT2D eigenvalue weighted by Gasteiger charge is -2.27. The molecule has 1 fully saturated rings. The standard InChI is InChI=1S/C9H16BrNO2/c1-6(10)9(12)11(3)8-4-5-13-7(8)2/h6-8H,4-5H2,1-3H3. The van der Waals surface area contributed by atoms with Crippen molar-refractivity contribution in [2.24, 2.45) is 0 Å². The second-order valence-electron chi connectivity index (χ2n) is 3.50. The van der Waals surface area contributed by atoms with Crippen LogP contribution in [0.15, 0.2) is 0 Å². The minimum absolute atomic E-state index is 0.106. The zero-order chi connectivity index (χ0) is 10.0. The first-order valence-corrected chi connectivity index (χ1v) is 5.48. The molecule has 13 heavy (non-hydrogen) atoms. The molecule has 3 atom stereocenters. The first-order chi connectivity index (χ1) is 6.04. The fourth-order valence-electron chi connectivity index (χ4n) is 1.67. The Kier molecular flexibility index (Phi) is 3.74. The molecule has 1 aliphatic heterocycles. The van der Waals surface area contributed by atoms with Crippen molar-refractivity contribution in [1.29, 1.82) is 0 Å². The van der Waals surface area contributed by atoms with E-state index in [1.165, 1.54) is 0 Å². The number of carbonyl (C=O) groups excluding carboxylic acids is 1. The van der Waals surface area contributed by atoms with Gasteiger partial charge in [-0.3, -0.25) is 4.79 Å². The molecule has 4 heteroatoms. The second kappa shape index (κ2) is 4.42. The van der Waals surface area contributed by atoms with Gasteiger partial charge in [-0.15, -0.1) is 0 Å². The van der Waals surface area contributed by atoms with Crippen molar-refractivity contribution in [1.82, 2.24) is 4.90 Å². The van der Waals surface area contributed by atoms with Crippen LogP contribution in [0.1, 0.15) is 20.3 Å². The van der Waals surface area contributed by atoms with Crippen molar-refractivity contribution in [2.45, 2.75) is 37.2 Å². The number of alkyl halides is 1. The number of nitrogens with zero attached hydrogens (tertiary/aromatic N) is 1. The van der Waals surface area contributed by atoms with E-state index in [0.29, 0.717) is 0 Å². The Balaban J connectivity index is 2.56. The summed E-state index contributed by atoms with van der Waals surface area (Å²) in [5, 5.41) is 0. The van der Waals surface area contributed by atoms with E-state index in [1.807, 2.05) is 20.9 Å². The molecule has 3 nitrogen and oxygen atoms in total. The van der Waals surface area contributed by atoms with Crippen LogP contribution in [0, 0.1) is 0 Å². The van der Waals surface area contributed by atoms with Crippen molar-refractivity contribution < 1.29 is 9.53 Å². The molecule has 1 amide bonds. The van der Waals surface area contributed by atoms with Gasteiger partial charge in [0, 0.05) is 13.7 Å². The Labute approximate surface area is 87.6 Å². The Morgan fingerprint density at radius 1 is 1.69 bits per heavy atom. The van der Waals surface area contributed by atoms with Crippen molar-refractivity contribution in [2.75, 3.05) is 13.7 Å². The monoisotopic (exact) mass is 249 g/mol. The van der Waals surface area contributed by atoms with E-state index in [-0.39, 0.29) is 22.9 Å². The third-order valence-corrected chi connectivity index (χ3v) is 2.91. The van der Waals surface area contributed by atoms with Gasteiger partial charge < -0.3 is 9.64 Å². The lowest BCUT2D eigenvalue weighted by molar-refractivity contribution is -0.131. The summed E-state index contributed by atoms with van der Waals surface area (Å²) in [5.74, 6) is 0.127. The number of carbonyl (C=O) groups is 1. The quantitative estimate of drug-likeness (QED) is 0.693. The number of amides is 1. The summed E-state index contributed by atoms with van der Waals surface area (Å²) < 4.78 is 5.41. The summed E-state index contributed by atoms with van der Waals surface area (Å²) in [4.78, 5) is 13.3. The maximum Gasteiger partial charge on any atom is 0.236 e. The molecule has 0 aliphatic carbocycles. The summed E-state index contributed by atoms with van der Waals surface area (Å²) in [5.41, 5.74) is 0. The molecule has 3 unspecified atom stereocenters. The average molecular weight is 250 g/mol. The molecule has 1 rings (SSSR count). The second-order valence-corrected chi connectivity index (χ2v) is 4.87. The average Bonchev–Trinajstić information content (AvgIpc) is 2.48. The summed E-state index contributed by atoms with van der Waals surface area (Å²) in [6, 6.07) is 0.243. The predicted octanol–water partition coefficient (Wildman–Crippen LogP) is 1.41. The van der Waals surface area contributed by atoms with E-state index < -0.39 is 0 Å². The molecule has 0 radical (unpaired) electrons. The third-order valence-electron chi connectivity index (χ3n) is 2.52. The maximum absolute atomic E-state index is 11.6. The number of rotatable bonds is 2. The van der Waals surface area contributed by atoms with Crippen molar-refractivity contribution in [3.8, 4) is 0 Å². The lowest BCUT2D eigenvalue weighted by Crippen LogP contribution is -2.43. The largest absolute Gasteiger partial charge is 0.376 e.